The lowest BCUT2D eigenvalue weighted by atomic mass is 10.0. The zero-order valence-electron chi connectivity index (χ0n) is 12.1. The third-order valence-electron chi connectivity index (χ3n) is 2.76. The molecule has 116 valence electrons. The van der Waals surface area contributed by atoms with Gasteiger partial charge in [-0.1, -0.05) is 37.6 Å². The van der Waals surface area contributed by atoms with Crippen LogP contribution in [0.3, 0.4) is 0 Å². The van der Waals surface area contributed by atoms with Crippen LogP contribution in [-0.4, -0.2) is 28.8 Å². The molecule has 0 radical (unpaired) electrons. The van der Waals surface area contributed by atoms with Crippen LogP contribution in [-0.2, 0) is 15.3 Å². The van der Waals surface area contributed by atoms with Gasteiger partial charge < -0.3 is 10.4 Å². The number of nitrogens with one attached hydrogen (secondary N) is 1. The molecule has 0 unspecified atom stereocenters. The highest BCUT2D eigenvalue weighted by Gasteiger charge is 2.20. The molecular formula is C15H20ClNO3S. The number of carboxylic acids is 1. The SMILES string of the molecule is CC(C)C[C@@H](NC(=O)CSCc1ccc(Cl)cc1)C(=O)O. The molecule has 1 aromatic carbocycles. The van der Waals surface area contributed by atoms with Crippen LogP contribution in [0.4, 0.5) is 0 Å². The van der Waals surface area contributed by atoms with Crippen LogP contribution < -0.4 is 5.32 Å². The second kappa shape index (κ2) is 8.95. The van der Waals surface area contributed by atoms with E-state index in [2.05, 4.69) is 5.32 Å². The van der Waals surface area contributed by atoms with Crippen molar-refractivity contribution in [2.75, 3.05) is 5.75 Å². The number of carboxylic acid groups (broad SMARTS) is 1. The summed E-state index contributed by atoms with van der Waals surface area (Å²) in [5, 5.41) is 12.3. The van der Waals surface area contributed by atoms with Crippen molar-refractivity contribution >= 4 is 35.2 Å². The molecule has 1 atom stereocenters. The van der Waals surface area contributed by atoms with Gasteiger partial charge in [0.05, 0.1) is 5.75 Å². The average molecular weight is 330 g/mol. The van der Waals surface area contributed by atoms with Crippen LogP contribution in [0.25, 0.3) is 0 Å². The molecule has 4 nitrogen and oxygen atoms in total. The Morgan fingerprint density at radius 2 is 1.90 bits per heavy atom. The summed E-state index contributed by atoms with van der Waals surface area (Å²) >= 11 is 7.24. The van der Waals surface area contributed by atoms with E-state index in [1.54, 1.807) is 12.1 Å². The number of rotatable bonds is 8. The van der Waals surface area contributed by atoms with E-state index in [-0.39, 0.29) is 17.6 Å². The first kappa shape index (κ1) is 17.9. The quantitative estimate of drug-likeness (QED) is 0.768. The van der Waals surface area contributed by atoms with Gasteiger partial charge in [-0.05, 0) is 30.0 Å². The number of aliphatic carboxylic acids is 1. The van der Waals surface area contributed by atoms with Crippen molar-refractivity contribution < 1.29 is 14.7 Å². The topological polar surface area (TPSA) is 66.4 Å². The van der Waals surface area contributed by atoms with Crippen LogP contribution in [0.15, 0.2) is 24.3 Å². The first-order chi connectivity index (χ1) is 9.88. The van der Waals surface area contributed by atoms with Gasteiger partial charge in [0.15, 0.2) is 0 Å². The van der Waals surface area contributed by atoms with E-state index in [1.807, 2.05) is 26.0 Å². The van der Waals surface area contributed by atoms with Crippen molar-refractivity contribution in [3.63, 3.8) is 0 Å². The van der Waals surface area contributed by atoms with Crippen molar-refractivity contribution in [1.29, 1.82) is 0 Å². The number of carbonyl (C=O) groups excluding carboxylic acids is 1. The Kier molecular flexibility index (Phi) is 7.61. The van der Waals surface area contributed by atoms with Crippen LogP contribution >= 0.6 is 23.4 Å². The fraction of sp³-hybridized carbons (Fsp3) is 0.467. The van der Waals surface area contributed by atoms with Gasteiger partial charge in [0.1, 0.15) is 6.04 Å². The number of carbonyl (C=O) groups is 2. The molecular weight excluding hydrogens is 310 g/mol. The van der Waals surface area contributed by atoms with Crippen LogP contribution in [0, 0.1) is 5.92 Å². The molecule has 2 N–H and O–H groups in total. The second-order valence-corrected chi connectivity index (χ2v) is 6.63. The van der Waals surface area contributed by atoms with Gasteiger partial charge in [0.2, 0.25) is 5.91 Å². The van der Waals surface area contributed by atoms with Gasteiger partial charge in [0, 0.05) is 10.8 Å². The molecule has 0 saturated carbocycles. The summed E-state index contributed by atoms with van der Waals surface area (Å²) < 4.78 is 0. The summed E-state index contributed by atoms with van der Waals surface area (Å²) in [6.07, 6.45) is 0.433. The van der Waals surface area contributed by atoms with Gasteiger partial charge in [-0.3, -0.25) is 4.79 Å². The summed E-state index contributed by atoms with van der Waals surface area (Å²) in [4.78, 5) is 22.8. The lowest BCUT2D eigenvalue weighted by Crippen LogP contribution is -2.42. The molecule has 0 aliphatic rings. The van der Waals surface area contributed by atoms with Crippen molar-refractivity contribution in [1.82, 2.24) is 5.32 Å². The minimum atomic E-state index is -0.986. The maximum atomic E-state index is 11.8. The summed E-state index contributed by atoms with van der Waals surface area (Å²) in [5.41, 5.74) is 1.08. The molecule has 0 spiro atoms. The van der Waals surface area contributed by atoms with E-state index in [0.29, 0.717) is 17.2 Å². The Bertz CT molecular complexity index is 476. The Morgan fingerprint density at radius 1 is 1.29 bits per heavy atom. The number of hydrogen-bond acceptors (Lipinski definition) is 3. The Hall–Kier alpha value is -1.20. The van der Waals surface area contributed by atoms with Crippen molar-refractivity contribution in [2.45, 2.75) is 32.1 Å². The highest BCUT2D eigenvalue weighted by molar-refractivity contribution is 7.99. The molecule has 0 heterocycles. The standard InChI is InChI=1S/C15H20ClNO3S/c1-10(2)7-13(15(19)20)17-14(18)9-21-8-11-3-5-12(16)6-4-11/h3-6,10,13H,7-9H2,1-2H3,(H,17,18)(H,19,20)/t13-/m1/s1. The fourth-order valence-electron chi connectivity index (χ4n) is 1.77. The molecule has 0 aromatic heterocycles. The highest BCUT2D eigenvalue weighted by atomic mass is 35.5. The molecule has 0 aliphatic carbocycles. The molecule has 1 rings (SSSR count). The molecule has 0 bridgehead atoms. The van der Waals surface area contributed by atoms with E-state index in [9.17, 15) is 9.59 Å². The number of thioether (sulfide) groups is 1. The number of hydrogen-bond donors (Lipinski definition) is 2. The van der Waals surface area contributed by atoms with Gasteiger partial charge >= 0.3 is 5.97 Å². The molecule has 21 heavy (non-hydrogen) atoms. The monoisotopic (exact) mass is 329 g/mol. The van der Waals surface area contributed by atoms with E-state index >= 15 is 0 Å². The van der Waals surface area contributed by atoms with Crippen molar-refractivity contribution in [3.8, 4) is 0 Å². The normalized spacial score (nSPS) is 12.2. The summed E-state index contributed by atoms with van der Waals surface area (Å²) in [6, 6.07) is 6.62. The lowest BCUT2D eigenvalue weighted by molar-refractivity contribution is -0.141. The van der Waals surface area contributed by atoms with Gasteiger partial charge in [-0.15, -0.1) is 11.8 Å². The fourth-order valence-corrected chi connectivity index (χ4v) is 2.70. The van der Waals surface area contributed by atoms with E-state index < -0.39 is 12.0 Å². The molecule has 1 amide bonds. The van der Waals surface area contributed by atoms with E-state index in [0.717, 1.165) is 5.56 Å². The molecule has 0 fully saturated rings. The largest absolute Gasteiger partial charge is 0.480 e. The number of amides is 1. The summed E-state index contributed by atoms with van der Waals surface area (Å²) in [6.45, 7) is 3.86. The minimum absolute atomic E-state index is 0.216. The maximum absolute atomic E-state index is 11.8. The van der Waals surface area contributed by atoms with Gasteiger partial charge in [0.25, 0.3) is 0 Å². The lowest BCUT2D eigenvalue weighted by Gasteiger charge is -2.16. The van der Waals surface area contributed by atoms with Gasteiger partial charge in [-0.25, -0.2) is 4.79 Å². The predicted molar refractivity (Wildman–Crippen MR) is 86.6 cm³/mol. The highest BCUT2D eigenvalue weighted by Crippen LogP contribution is 2.15. The smallest absolute Gasteiger partial charge is 0.326 e. The summed E-state index contributed by atoms with van der Waals surface area (Å²) in [7, 11) is 0. The van der Waals surface area contributed by atoms with Crippen LogP contribution in [0.5, 0.6) is 0 Å². The average Bonchev–Trinajstić information content (AvgIpc) is 2.39. The van der Waals surface area contributed by atoms with E-state index in [4.69, 9.17) is 16.7 Å². The zero-order chi connectivity index (χ0) is 15.8. The Balaban J connectivity index is 2.35. The third-order valence-corrected chi connectivity index (χ3v) is 4.01. The van der Waals surface area contributed by atoms with Gasteiger partial charge in [-0.2, -0.15) is 0 Å². The van der Waals surface area contributed by atoms with Crippen LogP contribution in [0.2, 0.25) is 5.02 Å². The zero-order valence-corrected chi connectivity index (χ0v) is 13.7. The van der Waals surface area contributed by atoms with Crippen molar-refractivity contribution in [3.05, 3.63) is 34.9 Å². The molecule has 0 saturated heterocycles. The second-order valence-electron chi connectivity index (χ2n) is 5.21. The predicted octanol–water partition coefficient (Wildman–Crippen LogP) is 3.19. The first-order valence-electron chi connectivity index (χ1n) is 6.73. The molecule has 0 aliphatic heterocycles. The van der Waals surface area contributed by atoms with E-state index in [1.165, 1.54) is 11.8 Å². The number of halogens is 1. The van der Waals surface area contributed by atoms with Crippen molar-refractivity contribution in [2.24, 2.45) is 5.92 Å². The number of benzene rings is 1. The molecule has 6 heteroatoms. The maximum Gasteiger partial charge on any atom is 0.326 e. The molecule has 1 aromatic rings. The Labute approximate surface area is 134 Å². The first-order valence-corrected chi connectivity index (χ1v) is 8.26. The third kappa shape index (κ3) is 7.39. The minimum Gasteiger partial charge on any atom is -0.480 e. The Morgan fingerprint density at radius 3 is 2.43 bits per heavy atom. The summed E-state index contributed by atoms with van der Waals surface area (Å²) in [5.74, 6) is -0.0910. The van der Waals surface area contributed by atoms with Crippen LogP contribution in [0.1, 0.15) is 25.8 Å².